The first-order valence-electron chi connectivity index (χ1n) is 8.92. The van der Waals surface area contributed by atoms with E-state index in [4.69, 9.17) is 16.3 Å². The molecule has 0 aliphatic carbocycles. The minimum atomic E-state index is -4.67. The lowest BCUT2D eigenvalue weighted by Crippen LogP contribution is -2.50. The largest absolute Gasteiger partial charge is 0.482 e. The van der Waals surface area contributed by atoms with Gasteiger partial charge in [-0.3, -0.25) is 14.9 Å². The summed E-state index contributed by atoms with van der Waals surface area (Å²) in [5.74, 6) is 0.100. The number of rotatable bonds is 5. The van der Waals surface area contributed by atoms with Crippen LogP contribution in [0.25, 0.3) is 0 Å². The number of hydrogen-bond acceptors (Lipinski definition) is 5. The molecular weight excluding hydrogens is 427 g/mol. The first-order valence-corrected chi connectivity index (χ1v) is 9.30. The van der Waals surface area contributed by atoms with Crippen molar-refractivity contribution in [3.8, 4) is 5.75 Å². The molecule has 1 aliphatic rings. The second-order valence-electron chi connectivity index (χ2n) is 6.55. The molecule has 0 atom stereocenters. The molecule has 2 aromatic rings. The molecular formula is C19H17ClF3N3O4. The molecule has 0 spiro atoms. The fourth-order valence-corrected chi connectivity index (χ4v) is 3.29. The van der Waals surface area contributed by atoms with Crippen LogP contribution in [0.15, 0.2) is 42.5 Å². The quantitative estimate of drug-likeness (QED) is 0.516. The first kappa shape index (κ1) is 21.7. The Bertz CT molecular complexity index is 947. The zero-order chi connectivity index (χ0) is 21.9. The van der Waals surface area contributed by atoms with Gasteiger partial charge in [0.1, 0.15) is 11.4 Å². The van der Waals surface area contributed by atoms with Crippen LogP contribution in [0.5, 0.6) is 5.75 Å². The molecule has 0 radical (unpaired) electrons. The minimum absolute atomic E-state index is 0.0902. The zero-order valence-electron chi connectivity index (χ0n) is 15.6. The van der Waals surface area contributed by atoms with Crippen LogP contribution in [0, 0.1) is 10.1 Å². The Balaban J connectivity index is 1.63. The molecule has 0 saturated carbocycles. The van der Waals surface area contributed by atoms with E-state index in [1.807, 2.05) is 0 Å². The predicted molar refractivity (Wildman–Crippen MR) is 104 cm³/mol. The van der Waals surface area contributed by atoms with Gasteiger partial charge in [0.25, 0.3) is 11.6 Å². The van der Waals surface area contributed by atoms with Crippen molar-refractivity contribution in [1.82, 2.24) is 4.90 Å². The summed E-state index contributed by atoms with van der Waals surface area (Å²) in [7, 11) is 0. The predicted octanol–water partition coefficient (Wildman–Crippen LogP) is 3.99. The van der Waals surface area contributed by atoms with Gasteiger partial charge < -0.3 is 14.5 Å². The molecule has 1 saturated heterocycles. The number of carbonyl (C=O) groups excluding carboxylic acids is 1. The number of alkyl halides is 3. The van der Waals surface area contributed by atoms with Gasteiger partial charge in [-0.2, -0.15) is 13.2 Å². The number of ether oxygens (including phenoxy) is 1. The molecule has 1 aliphatic heterocycles. The highest BCUT2D eigenvalue weighted by molar-refractivity contribution is 6.32. The van der Waals surface area contributed by atoms with Gasteiger partial charge in [-0.05, 0) is 24.3 Å². The summed E-state index contributed by atoms with van der Waals surface area (Å²) in [4.78, 5) is 25.9. The highest BCUT2D eigenvalue weighted by Gasteiger charge is 2.34. The molecule has 1 amide bonds. The fraction of sp³-hybridized carbons (Fsp3) is 0.316. The average Bonchev–Trinajstić information content (AvgIpc) is 2.72. The molecule has 1 heterocycles. The third kappa shape index (κ3) is 4.93. The highest BCUT2D eigenvalue weighted by Crippen LogP contribution is 2.36. The van der Waals surface area contributed by atoms with E-state index in [9.17, 15) is 28.1 Å². The molecule has 1 fully saturated rings. The number of piperazine rings is 1. The molecule has 30 heavy (non-hydrogen) atoms. The van der Waals surface area contributed by atoms with Crippen molar-refractivity contribution in [3.05, 3.63) is 63.2 Å². The normalized spacial score (nSPS) is 14.5. The van der Waals surface area contributed by atoms with Crippen LogP contribution < -0.4 is 9.64 Å². The van der Waals surface area contributed by atoms with Crippen molar-refractivity contribution in [2.24, 2.45) is 0 Å². The van der Waals surface area contributed by atoms with Crippen molar-refractivity contribution in [1.29, 1.82) is 0 Å². The van der Waals surface area contributed by atoms with Gasteiger partial charge >= 0.3 is 6.18 Å². The number of amides is 1. The van der Waals surface area contributed by atoms with Crippen molar-refractivity contribution in [3.63, 3.8) is 0 Å². The Hall–Kier alpha value is -3.01. The molecule has 0 bridgehead atoms. The van der Waals surface area contributed by atoms with Gasteiger partial charge in [0.05, 0.1) is 15.5 Å². The number of nitrogens with zero attached hydrogens (tertiary/aromatic N) is 3. The molecule has 2 aromatic carbocycles. The van der Waals surface area contributed by atoms with E-state index >= 15 is 0 Å². The number of benzene rings is 2. The van der Waals surface area contributed by atoms with Crippen molar-refractivity contribution >= 4 is 28.9 Å². The van der Waals surface area contributed by atoms with E-state index in [-0.39, 0.29) is 44.4 Å². The maximum absolute atomic E-state index is 12.9. The van der Waals surface area contributed by atoms with Gasteiger partial charge in [0, 0.05) is 32.2 Å². The van der Waals surface area contributed by atoms with E-state index in [2.05, 4.69) is 0 Å². The standard InChI is InChI=1S/C19H17ClF3N3O4/c20-14-3-1-2-4-17(14)30-12-18(27)25-9-7-24(8-10-25)15-6-5-13(19(21,22)23)11-16(15)26(28)29/h1-6,11H,7-10,12H2. The Labute approximate surface area is 174 Å². The third-order valence-corrected chi connectivity index (χ3v) is 4.97. The Morgan fingerprint density at radius 1 is 1.13 bits per heavy atom. The van der Waals surface area contributed by atoms with Crippen LogP contribution in [0.1, 0.15) is 5.56 Å². The number of carbonyl (C=O) groups is 1. The highest BCUT2D eigenvalue weighted by atomic mass is 35.5. The average molecular weight is 444 g/mol. The summed E-state index contributed by atoms with van der Waals surface area (Å²) in [5, 5.41) is 11.7. The second kappa shape index (κ2) is 8.78. The minimum Gasteiger partial charge on any atom is -0.482 e. The summed E-state index contributed by atoms with van der Waals surface area (Å²) in [6.45, 7) is 0.768. The van der Waals surface area contributed by atoms with E-state index in [1.54, 1.807) is 29.2 Å². The number of para-hydroxylation sites is 1. The van der Waals surface area contributed by atoms with Crippen LogP contribution in [0.2, 0.25) is 5.02 Å². The topological polar surface area (TPSA) is 75.9 Å². The van der Waals surface area contributed by atoms with Crippen LogP contribution in [-0.2, 0) is 11.0 Å². The lowest BCUT2D eigenvalue weighted by atomic mass is 10.1. The molecule has 11 heteroatoms. The van der Waals surface area contributed by atoms with Crippen LogP contribution in [0.4, 0.5) is 24.5 Å². The molecule has 3 rings (SSSR count). The monoisotopic (exact) mass is 443 g/mol. The first-order chi connectivity index (χ1) is 14.2. The molecule has 7 nitrogen and oxygen atoms in total. The van der Waals surface area contributed by atoms with E-state index in [0.717, 1.165) is 12.1 Å². The molecule has 0 unspecified atom stereocenters. The number of nitro groups is 1. The molecule has 160 valence electrons. The number of halogens is 4. The van der Waals surface area contributed by atoms with Crippen LogP contribution in [0.3, 0.4) is 0 Å². The van der Waals surface area contributed by atoms with Crippen molar-refractivity contribution in [2.45, 2.75) is 6.18 Å². The summed E-state index contributed by atoms with van der Waals surface area (Å²) >= 11 is 5.98. The summed E-state index contributed by atoms with van der Waals surface area (Å²) in [5.41, 5.74) is -1.61. The van der Waals surface area contributed by atoms with Gasteiger partial charge in [-0.15, -0.1) is 0 Å². The number of hydrogen-bond donors (Lipinski definition) is 0. The summed E-state index contributed by atoms with van der Waals surface area (Å²) < 4.78 is 44.0. The van der Waals surface area contributed by atoms with Crippen LogP contribution in [-0.4, -0.2) is 48.5 Å². The van der Waals surface area contributed by atoms with E-state index in [1.165, 1.54) is 4.90 Å². The maximum atomic E-state index is 12.9. The molecule has 0 N–H and O–H groups in total. The maximum Gasteiger partial charge on any atom is 0.416 e. The van der Waals surface area contributed by atoms with Gasteiger partial charge in [-0.25, -0.2) is 0 Å². The Morgan fingerprint density at radius 2 is 1.80 bits per heavy atom. The summed E-state index contributed by atoms with van der Waals surface area (Å²) in [6.07, 6.45) is -4.67. The van der Waals surface area contributed by atoms with E-state index < -0.39 is 22.4 Å². The fourth-order valence-electron chi connectivity index (χ4n) is 3.10. The second-order valence-corrected chi connectivity index (χ2v) is 6.95. The lowest BCUT2D eigenvalue weighted by molar-refractivity contribution is -0.384. The van der Waals surface area contributed by atoms with Gasteiger partial charge in [0.2, 0.25) is 0 Å². The van der Waals surface area contributed by atoms with Gasteiger partial charge in [-0.1, -0.05) is 23.7 Å². The SMILES string of the molecule is O=C(COc1ccccc1Cl)N1CCN(c2ccc(C(F)(F)F)cc2[N+](=O)[O-])CC1. The lowest BCUT2D eigenvalue weighted by Gasteiger charge is -2.35. The van der Waals surface area contributed by atoms with E-state index in [0.29, 0.717) is 16.8 Å². The van der Waals surface area contributed by atoms with Gasteiger partial charge in [0.15, 0.2) is 6.61 Å². The summed E-state index contributed by atoms with van der Waals surface area (Å²) in [6, 6.07) is 9.17. The Morgan fingerprint density at radius 3 is 2.40 bits per heavy atom. The van der Waals surface area contributed by atoms with Crippen LogP contribution >= 0.6 is 11.6 Å². The number of nitro benzene ring substituents is 1. The smallest absolute Gasteiger partial charge is 0.416 e. The third-order valence-electron chi connectivity index (χ3n) is 4.66. The number of anilines is 1. The zero-order valence-corrected chi connectivity index (χ0v) is 16.3. The van der Waals surface area contributed by atoms with Crippen molar-refractivity contribution in [2.75, 3.05) is 37.7 Å². The van der Waals surface area contributed by atoms with Crippen molar-refractivity contribution < 1.29 is 27.6 Å². The Kier molecular flexibility index (Phi) is 6.35. The molecule has 0 aromatic heterocycles.